The molecule has 2 unspecified atom stereocenters. The molecule has 3 N–H and O–H groups in total. The number of piperidine rings is 1. The fraction of sp³-hybridized carbons (Fsp3) is 0.857. The van der Waals surface area contributed by atoms with Crippen LogP contribution in [0.2, 0.25) is 0 Å². The zero-order chi connectivity index (χ0) is 7.84. The van der Waals surface area contributed by atoms with Crippen LogP contribution in [-0.2, 0) is 4.79 Å². The van der Waals surface area contributed by atoms with Gasteiger partial charge in [0.05, 0.1) is 6.04 Å². The number of thioether (sulfide) groups is 1. The lowest BCUT2D eigenvalue weighted by atomic mass is 9.99. The molecule has 3 nitrogen and oxygen atoms in total. The van der Waals surface area contributed by atoms with Gasteiger partial charge in [0.1, 0.15) is 0 Å². The first-order chi connectivity index (χ1) is 5.27. The van der Waals surface area contributed by atoms with Gasteiger partial charge in [-0.3, -0.25) is 4.79 Å². The maximum Gasteiger partial charge on any atom is 0.220 e. The van der Waals surface area contributed by atoms with E-state index >= 15 is 0 Å². The van der Waals surface area contributed by atoms with Gasteiger partial charge in [-0.05, 0) is 6.42 Å². The third kappa shape index (κ3) is 1.25. The van der Waals surface area contributed by atoms with E-state index in [0.717, 1.165) is 12.2 Å². The van der Waals surface area contributed by atoms with Crippen LogP contribution < -0.4 is 11.1 Å². The van der Waals surface area contributed by atoms with Gasteiger partial charge in [-0.15, -0.1) is 0 Å². The summed E-state index contributed by atoms with van der Waals surface area (Å²) in [4.78, 5) is 11.0. The molecule has 2 aliphatic rings. The molecule has 1 amide bonds. The van der Waals surface area contributed by atoms with Crippen molar-refractivity contribution in [1.29, 1.82) is 0 Å². The van der Waals surface area contributed by atoms with Gasteiger partial charge >= 0.3 is 0 Å². The summed E-state index contributed by atoms with van der Waals surface area (Å²) >= 11 is 1.90. The first-order valence-electron chi connectivity index (χ1n) is 3.94. The Morgan fingerprint density at radius 2 is 2.45 bits per heavy atom. The summed E-state index contributed by atoms with van der Waals surface area (Å²) in [6.45, 7) is 0. The van der Waals surface area contributed by atoms with Crippen molar-refractivity contribution < 1.29 is 4.79 Å². The number of hydrogen-bond donors (Lipinski definition) is 2. The molecular weight excluding hydrogens is 160 g/mol. The maximum atomic E-state index is 11.0. The summed E-state index contributed by atoms with van der Waals surface area (Å²) in [5.74, 6) is 1.17. The quantitative estimate of drug-likeness (QED) is 0.528. The Bertz CT molecular complexity index is 185. The first-order valence-corrected chi connectivity index (χ1v) is 4.99. The SMILES string of the molecule is N[C@H]1CSC2CCC(=O)NC21. The van der Waals surface area contributed by atoms with E-state index in [1.807, 2.05) is 11.8 Å². The standard InChI is InChI=1S/C7H12N2OS/c8-4-3-11-5-1-2-6(10)9-7(4)5/h4-5,7H,1-3,8H2,(H,9,10)/t4-,5?,7?/m0/s1. The zero-order valence-corrected chi connectivity index (χ0v) is 7.06. The number of nitrogens with two attached hydrogens (primary N) is 1. The molecule has 2 heterocycles. The van der Waals surface area contributed by atoms with Crippen molar-refractivity contribution >= 4 is 17.7 Å². The number of carbonyl (C=O) groups excluding carboxylic acids is 1. The number of rotatable bonds is 0. The fourth-order valence-corrected chi connectivity index (χ4v) is 3.15. The molecular formula is C7H12N2OS. The van der Waals surface area contributed by atoms with Gasteiger partial charge in [0.15, 0.2) is 0 Å². The number of nitrogens with one attached hydrogen (secondary N) is 1. The number of amides is 1. The van der Waals surface area contributed by atoms with Crippen LogP contribution in [0.4, 0.5) is 0 Å². The van der Waals surface area contributed by atoms with Gasteiger partial charge in [0.25, 0.3) is 0 Å². The van der Waals surface area contributed by atoms with Crippen molar-refractivity contribution in [2.75, 3.05) is 5.75 Å². The summed E-state index contributed by atoms with van der Waals surface area (Å²) in [6.07, 6.45) is 1.69. The smallest absolute Gasteiger partial charge is 0.220 e. The van der Waals surface area contributed by atoms with E-state index in [2.05, 4.69) is 5.32 Å². The Morgan fingerprint density at radius 1 is 1.64 bits per heavy atom. The van der Waals surface area contributed by atoms with Gasteiger partial charge < -0.3 is 11.1 Å². The molecule has 0 spiro atoms. The molecule has 0 bridgehead atoms. The highest BCUT2D eigenvalue weighted by molar-refractivity contribution is 8.00. The highest BCUT2D eigenvalue weighted by atomic mass is 32.2. The van der Waals surface area contributed by atoms with E-state index < -0.39 is 0 Å². The Labute approximate surface area is 70.1 Å². The van der Waals surface area contributed by atoms with Crippen molar-refractivity contribution in [2.45, 2.75) is 30.2 Å². The van der Waals surface area contributed by atoms with Gasteiger partial charge in [-0.2, -0.15) is 11.8 Å². The Balaban J connectivity index is 2.07. The van der Waals surface area contributed by atoms with Crippen LogP contribution in [0.3, 0.4) is 0 Å². The van der Waals surface area contributed by atoms with Crippen molar-refractivity contribution in [3.8, 4) is 0 Å². The predicted molar refractivity (Wildman–Crippen MR) is 45.4 cm³/mol. The number of carbonyl (C=O) groups is 1. The highest BCUT2D eigenvalue weighted by Gasteiger charge is 2.38. The molecule has 2 aliphatic heterocycles. The van der Waals surface area contributed by atoms with Gasteiger partial charge in [-0.25, -0.2) is 0 Å². The highest BCUT2D eigenvalue weighted by Crippen LogP contribution is 2.31. The van der Waals surface area contributed by atoms with E-state index in [0.29, 0.717) is 11.7 Å². The van der Waals surface area contributed by atoms with Crippen LogP contribution in [0.15, 0.2) is 0 Å². The Morgan fingerprint density at radius 3 is 3.27 bits per heavy atom. The molecule has 0 aromatic carbocycles. The molecule has 2 rings (SSSR count). The third-order valence-electron chi connectivity index (χ3n) is 2.35. The minimum atomic E-state index is 0.171. The number of fused-ring (bicyclic) bond motifs is 1. The Kier molecular flexibility index (Phi) is 1.81. The van der Waals surface area contributed by atoms with Crippen LogP contribution >= 0.6 is 11.8 Å². The summed E-state index contributed by atoms with van der Waals surface area (Å²) < 4.78 is 0. The van der Waals surface area contributed by atoms with E-state index in [9.17, 15) is 4.79 Å². The first kappa shape index (κ1) is 7.43. The van der Waals surface area contributed by atoms with E-state index in [4.69, 9.17) is 5.73 Å². The third-order valence-corrected chi connectivity index (χ3v) is 3.88. The average Bonchev–Trinajstić information content (AvgIpc) is 2.33. The predicted octanol–water partition coefficient (Wildman–Crippen LogP) is -0.292. The molecule has 0 radical (unpaired) electrons. The average molecular weight is 172 g/mol. The van der Waals surface area contributed by atoms with Crippen LogP contribution in [0.5, 0.6) is 0 Å². The van der Waals surface area contributed by atoms with Gasteiger partial charge in [-0.1, -0.05) is 0 Å². The molecule has 0 aromatic heterocycles. The van der Waals surface area contributed by atoms with Crippen LogP contribution in [-0.4, -0.2) is 29.0 Å². The van der Waals surface area contributed by atoms with Crippen LogP contribution in [0.1, 0.15) is 12.8 Å². The largest absolute Gasteiger partial charge is 0.351 e. The molecule has 2 fully saturated rings. The normalized spacial score (nSPS) is 43.4. The lowest BCUT2D eigenvalue weighted by Gasteiger charge is -2.27. The minimum Gasteiger partial charge on any atom is -0.351 e. The van der Waals surface area contributed by atoms with E-state index in [1.54, 1.807) is 0 Å². The topological polar surface area (TPSA) is 55.1 Å². The van der Waals surface area contributed by atoms with Gasteiger partial charge in [0.2, 0.25) is 5.91 Å². The fourth-order valence-electron chi connectivity index (χ4n) is 1.71. The van der Waals surface area contributed by atoms with Crippen molar-refractivity contribution in [3.05, 3.63) is 0 Å². The van der Waals surface area contributed by atoms with Crippen LogP contribution in [0, 0.1) is 0 Å². The number of hydrogen-bond acceptors (Lipinski definition) is 3. The second-order valence-corrected chi connectivity index (χ2v) is 4.44. The second kappa shape index (κ2) is 2.68. The molecule has 0 aliphatic carbocycles. The minimum absolute atomic E-state index is 0.171. The lowest BCUT2D eigenvalue weighted by Crippen LogP contribution is -2.52. The van der Waals surface area contributed by atoms with E-state index in [-0.39, 0.29) is 18.0 Å². The van der Waals surface area contributed by atoms with Gasteiger partial charge in [0, 0.05) is 23.5 Å². The van der Waals surface area contributed by atoms with Crippen molar-refractivity contribution in [2.24, 2.45) is 5.73 Å². The maximum absolute atomic E-state index is 11.0. The van der Waals surface area contributed by atoms with E-state index in [1.165, 1.54) is 0 Å². The lowest BCUT2D eigenvalue weighted by molar-refractivity contribution is -0.123. The molecule has 4 heteroatoms. The summed E-state index contributed by atoms with van der Waals surface area (Å²) in [6, 6.07) is 0.426. The summed E-state index contributed by atoms with van der Waals surface area (Å²) in [7, 11) is 0. The molecule has 11 heavy (non-hydrogen) atoms. The summed E-state index contributed by atoms with van der Waals surface area (Å²) in [5, 5.41) is 3.53. The van der Waals surface area contributed by atoms with Crippen LogP contribution in [0.25, 0.3) is 0 Å². The second-order valence-electron chi connectivity index (χ2n) is 3.17. The summed E-state index contributed by atoms with van der Waals surface area (Å²) in [5.41, 5.74) is 5.82. The molecule has 62 valence electrons. The monoisotopic (exact) mass is 172 g/mol. The Hall–Kier alpha value is -0.220. The molecule has 0 saturated carbocycles. The van der Waals surface area contributed by atoms with Crippen molar-refractivity contribution in [3.63, 3.8) is 0 Å². The molecule has 3 atom stereocenters. The molecule has 0 aromatic rings. The van der Waals surface area contributed by atoms with Crippen molar-refractivity contribution in [1.82, 2.24) is 5.32 Å². The molecule has 2 saturated heterocycles. The zero-order valence-electron chi connectivity index (χ0n) is 6.25.